The largest absolute Gasteiger partial charge is 0.424 e. The van der Waals surface area contributed by atoms with E-state index in [4.69, 9.17) is 27.9 Å². The molecule has 1 N–H and O–H groups in total. The van der Waals surface area contributed by atoms with Crippen molar-refractivity contribution in [2.45, 2.75) is 57.9 Å². The highest BCUT2D eigenvalue weighted by Gasteiger charge is 2.22. The number of hydrogen-bond acceptors (Lipinski definition) is 4. The van der Waals surface area contributed by atoms with Crippen LogP contribution < -0.4 is 10.3 Å². The Morgan fingerprint density at radius 2 is 2.00 bits per heavy atom. The van der Waals surface area contributed by atoms with E-state index >= 15 is 0 Å². The number of aromatic amines is 1. The van der Waals surface area contributed by atoms with Crippen molar-refractivity contribution in [1.29, 1.82) is 0 Å². The Kier molecular flexibility index (Phi) is 5.60. The smallest absolute Gasteiger partial charge is 0.306 e. The van der Waals surface area contributed by atoms with Crippen molar-refractivity contribution >= 4 is 34.4 Å². The van der Waals surface area contributed by atoms with Crippen LogP contribution in [0.5, 0.6) is 11.8 Å². The van der Waals surface area contributed by atoms with Gasteiger partial charge in [-0.15, -0.1) is 0 Å². The molecule has 6 nitrogen and oxygen atoms in total. The van der Waals surface area contributed by atoms with Crippen LogP contribution in [0.1, 0.15) is 57.2 Å². The van der Waals surface area contributed by atoms with Gasteiger partial charge in [0.15, 0.2) is 11.2 Å². The number of hydrogen-bond donors (Lipinski definition) is 1. The highest BCUT2D eigenvalue weighted by molar-refractivity contribution is 6.35. The van der Waals surface area contributed by atoms with Gasteiger partial charge in [-0.05, 0) is 37.5 Å². The predicted molar refractivity (Wildman–Crippen MR) is 111 cm³/mol. The van der Waals surface area contributed by atoms with Gasteiger partial charge < -0.3 is 9.72 Å². The predicted octanol–water partition coefficient (Wildman–Crippen LogP) is 5.68. The number of rotatable bonds is 5. The van der Waals surface area contributed by atoms with Crippen LogP contribution in [0.15, 0.2) is 23.0 Å². The van der Waals surface area contributed by atoms with Crippen LogP contribution >= 0.6 is 23.2 Å². The molecule has 1 saturated carbocycles. The number of halogens is 2. The first-order valence-electron chi connectivity index (χ1n) is 9.70. The van der Waals surface area contributed by atoms with Gasteiger partial charge in [-0.3, -0.25) is 9.36 Å². The fourth-order valence-electron chi connectivity index (χ4n) is 3.71. The lowest BCUT2D eigenvalue weighted by Gasteiger charge is -2.18. The van der Waals surface area contributed by atoms with E-state index in [1.165, 1.54) is 23.8 Å². The third-order valence-corrected chi connectivity index (χ3v) is 5.66. The van der Waals surface area contributed by atoms with Crippen molar-refractivity contribution in [1.82, 2.24) is 19.5 Å². The second-order valence-corrected chi connectivity index (χ2v) is 8.03. The fraction of sp³-hybridized carbons (Fsp3) is 0.450. The van der Waals surface area contributed by atoms with E-state index in [1.807, 2.05) is 6.92 Å². The zero-order chi connectivity index (χ0) is 19.7. The van der Waals surface area contributed by atoms with E-state index < -0.39 is 0 Å². The van der Waals surface area contributed by atoms with E-state index in [9.17, 15) is 4.79 Å². The van der Waals surface area contributed by atoms with E-state index in [0.717, 1.165) is 25.1 Å². The van der Waals surface area contributed by atoms with Crippen LogP contribution in [0.3, 0.4) is 0 Å². The summed E-state index contributed by atoms with van der Waals surface area (Å²) in [6.45, 7) is 2.48. The van der Waals surface area contributed by atoms with Crippen molar-refractivity contribution in [3.05, 3.63) is 44.4 Å². The first-order valence-corrected chi connectivity index (χ1v) is 10.5. The molecule has 0 aliphatic heterocycles. The van der Waals surface area contributed by atoms with Crippen molar-refractivity contribution in [3.63, 3.8) is 0 Å². The van der Waals surface area contributed by atoms with E-state index in [-0.39, 0.29) is 11.6 Å². The molecular formula is C20H22Cl2N4O2. The second kappa shape index (κ2) is 8.13. The third kappa shape index (κ3) is 3.76. The van der Waals surface area contributed by atoms with Gasteiger partial charge in [0.05, 0.1) is 5.02 Å². The summed E-state index contributed by atoms with van der Waals surface area (Å²) in [6, 6.07) is 5.12. The summed E-state index contributed by atoms with van der Waals surface area (Å²) in [6.07, 6.45) is 6.59. The van der Waals surface area contributed by atoms with Crippen molar-refractivity contribution in [2.75, 3.05) is 0 Å². The quantitative estimate of drug-likeness (QED) is 0.576. The number of H-pyrrole nitrogens is 1. The van der Waals surface area contributed by atoms with Crippen LogP contribution in [0.2, 0.25) is 10.0 Å². The van der Waals surface area contributed by atoms with Gasteiger partial charge in [0.1, 0.15) is 11.6 Å². The van der Waals surface area contributed by atoms with Gasteiger partial charge in [0.25, 0.3) is 5.56 Å². The summed E-state index contributed by atoms with van der Waals surface area (Å²) in [5.74, 6) is 1.60. The SMILES string of the molecule is CCCn1c(Oc2ccc(Cl)cc2Cl)nc2nc(C3CCCCC3)[nH]c2c1=O. The van der Waals surface area contributed by atoms with E-state index in [2.05, 4.69) is 15.0 Å². The number of aromatic nitrogens is 4. The normalized spacial score (nSPS) is 15.2. The molecule has 0 spiro atoms. The lowest BCUT2D eigenvalue weighted by molar-refractivity contribution is 0.398. The molecule has 0 atom stereocenters. The molecule has 148 valence electrons. The molecule has 8 heteroatoms. The Bertz CT molecular complexity index is 1050. The number of ether oxygens (including phenoxy) is 1. The molecule has 3 aromatic rings. The molecule has 0 saturated heterocycles. The van der Waals surface area contributed by atoms with Crippen LogP contribution in [-0.2, 0) is 6.54 Å². The number of fused-ring (bicyclic) bond motifs is 1. The van der Waals surface area contributed by atoms with Crippen LogP contribution in [0.25, 0.3) is 11.2 Å². The molecule has 1 aliphatic carbocycles. The van der Waals surface area contributed by atoms with Crippen LogP contribution in [0.4, 0.5) is 0 Å². The Morgan fingerprint density at radius 1 is 1.21 bits per heavy atom. The van der Waals surface area contributed by atoms with Crippen molar-refractivity contribution in [2.24, 2.45) is 0 Å². The minimum atomic E-state index is -0.179. The highest BCUT2D eigenvalue weighted by Crippen LogP contribution is 2.33. The third-order valence-electron chi connectivity index (χ3n) is 5.13. The molecule has 1 aliphatic rings. The molecule has 1 fully saturated rings. The number of nitrogens with one attached hydrogen (secondary N) is 1. The maximum absolute atomic E-state index is 13.1. The first kappa shape index (κ1) is 19.3. The van der Waals surface area contributed by atoms with Gasteiger partial charge >= 0.3 is 6.01 Å². The van der Waals surface area contributed by atoms with Crippen LogP contribution in [-0.4, -0.2) is 19.5 Å². The van der Waals surface area contributed by atoms with Crippen molar-refractivity contribution < 1.29 is 4.74 Å². The Morgan fingerprint density at radius 3 is 2.71 bits per heavy atom. The minimum Gasteiger partial charge on any atom is -0.424 e. The number of benzene rings is 1. The summed E-state index contributed by atoms with van der Waals surface area (Å²) in [7, 11) is 0. The molecule has 2 aromatic heterocycles. The molecule has 1 aromatic carbocycles. The number of imidazole rings is 1. The maximum atomic E-state index is 13.1. The molecule has 28 heavy (non-hydrogen) atoms. The monoisotopic (exact) mass is 420 g/mol. The van der Waals surface area contributed by atoms with Gasteiger partial charge in [-0.25, -0.2) is 4.98 Å². The Labute approximate surface area is 172 Å². The lowest BCUT2D eigenvalue weighted by Crippen LogP contribution is -2.23. The lowest BCUT2D eigenvalue weighted by atomic mass is 9.89. The fourth-order valence-corrected chi connectivity index (χ4v) is 4.16. The summed E-state index contributed by atoms with van der Waals surface area (Å²) in [5.41, 5.74) is 0.642. The average Bonchev–Trinajstić information content (AvgIpc) is 3.12. The highest BCUT2D eigenvalue weighted by atomic mass is 35.5. The molecule has 0 amide bonds. The number of nitrogens with zero attached hydrogens (tertiary/aromatic N) is 3. The van der Waals surface area contributed by atoms with Crippen LogP contribution in [0, 0.1) is 0 Å². The van der Waals surface area contributed by atoms with E-state index in [1.54, 1.807) is 18.2 Å². The van der Waals surface area contributed by atoms with Gasteiger partial charge in [-0.1, -0.05) is 49.4 Å². The van der Waals surface area contributed by atoms with Crippen molar-refractivity contribution in [3.8, 4) is 11.8 Å². The summed E-state index contributed by atoms with van der Waals surface area (Å²) >= 11 is 12.2. The second-order valence-electron chi connectivity index (χ2n) is 7.18. The molecule has 0 unspecified atom stereocenters. The average molecular weight is 421 g/mol. The topological polar surface area (TPSA) is 72.8 Å². The molecular weight excluding hydrogens is 399 g/mol. The van der Waals surface area contributed by atoms with Gasteiger partial charge in [0, 0.05) is 17.5 Å². The van der Waals surface area contributed by atoms with Gasteiger partial charge in [0.2, 0.25) is 0 Å². The maximum Gasteiger partial charge on any atom is 0.306 e. The molecule has 0 bridgehead atoms. The van der Waals surface area contributed by atoms with Gasteiger partial charge in [-0.2, -0.15) is 4.98 Å². The molecule has 0 radical (unpaired) electrons. The molecule has 4 rings (SSSR count). The Hall–Kier alpha value is -2.05. The Balaban J connectivity index is 1.78. The minimum absolute atomic E-state index is 0.179. The molecule has 2 heterocycles. The zero-order valence-electron chi connectivity index (χ0n) is 15.7. The zero-order valence-corrected chi connectivity index (χ0v) is 17.2. The van der Waals surface area contributed by atoms with E-state index in [0.29, 0.717) is 39.4 Å². The summed E-state index contributed by atoms with van der Waals surface area (Å²) in [4.78, 5) is 25.5. The summed E-state index contributed by atoms with van der Waals surface area (Å²) in [5, 5.41) is 0.867. The summed E-state index contributed by atoms with van der Waals surface area (Å²) < 4.78 is 7.42. The first-order chi connectivity index (χ1) is 13.6. The standard InChI is InChI=1S/C20H22Cl2N4O2/c1-2-10-26-19(27)16-18(24-17(23-16)12-6-4-3-5-7-12)25-20(26)28-15-9-8-13(21)11-14(15)22/h8-9,11-12H,2-7,10H2,1H3,(H,23,24).